The third kappa shape index (κ3) is 3.96. The van der Waals surface area contributed by atoms with Gasteiger partial charge in [-0.15, -0.1) is 11.3 Å². The summed E-state index contributed by atoms with van der Waals surface area (Å²) in [5, 5.41) is 5.44. The third-order valence-corrected chi connectivity index (χ3v) is 7.49. The van der Waals surface area contributed by atoms with E-state index in [0.717, 1.165) is 28.7 Å². The van der Waals surface area contributed by atoms with Crippen LogP contribution in [0.5, 0.6) is 0 Å². The molecule has 0 saturated carbocycles. The summed E-state index contributed by atoms with van der Waals surface area (Å²) in [6, 6.07) is 8.33. The Morgan fingerprint density at radius 3 is 2.79 bits per heavy atom. The van der Waals surface area contributed by atoms with Gasteiger partial charge in [-0.25, -0.2) is 8.42 Å². The molecule has 2 aromatic heterocycles. The van der Waals surface area contributed by atoms with Crippen LogP contribution in [0.4, 0.5) is 5.69 Å². The number of carbonyl (C=O) groups excluding carboxylic acids is 1. The van der Waals surface area contributed by atoms with Crippen molar-refractivity contribution < 1.29 is 17.7 Å². The fourth-order valence-electron chi connectivity index (χ4n) is 2.82. The van der Waals surface area contributed by atoms with Gasteiger partial charge < -0.3 is 9.42 Å². The van der Waals surface area contributed by atoms with Crippen LogP contribution in [-0.2, 0) is 10.0 Å². The number of hydrogen-bond acceptors (Lipinski definition) is 7. The second-order valence-corrected chi connectivity index (χ2v) is 9.93. The molecule has 0 unspecified atom stereocenters. The zero-order valence-electron chi connectivity index (χ0n) is 14.5. The second kappa shape index (κ2) is 7.64. The Bertz CT molecular complexity index is 1120. The van der Waals surface area contributed by atoms with Crippen LogP contribution in [-0.4, -0.2) is 42.5 Å². The minimum Gasteiger partial charge on any atom is -0.334 e. The van der Waals surface area contributed by atoms with Gasteiger partial charge in [0.15, 0.2) is 0 Å². The summed E-state index contributed by atoms with van der Waals surface area (Å²) in [5.74, 6) is -0.196. The van der Waals surface area contributed by atoms with E-state index in [0.29, 0.717) is 24.3 Å². The molecule has 0 atom stereocenters. The van der Waals surface area contributed by atoms with Gasteiger partial charge >= 0.3 is 11.8 Å². The Morgan fingerprint density at radius 2 is 2.04 bits per heavy atom. The lowest BCUT2D eigenvalue weighted by molar-refractivity contribution is 0.0743. The largest absolute Gasteiger partial charge is 0.334 e. The van der Waals surface area contributed by atoms with Crippen molar-refractivity contribution in [3.05, 3.63) is 46.1 Å². The fourth-order valence-corrected chi connectivity index (χ4v) is 5.42. The smallest absolute Gasteiger partial charge is 0.316 e. The Hall–Kier alpha value is -2.24. The number of halogens is 1. The van der Waals surface area contributed by atoms with Crippen LogP contribution in [0.25, 0.3) is 11.4 Å². The molecule has 8 nitrogen and oxygen atoms in total. The monoisotopic (exact) mass is 482 g/mol. The van der Waals surface area contributed by atoms with Crippen LogP contribution in [0.15, 0.2) is 48.9 Å². The fraction of sp³-hybridized carbons (Fsp3) is 0.235. The molecule has 0 aliphatic carbocycles. The van der Waals surface area contributed by atoms with Crippen molar-refractivity contribution in [2.45, 2.75) is 17.1 Å². The van der Waals surface area contributed by atoms with E-state index in [4.69, 9.17) is 4.52 Å². The van der Waals surface area contributed by atoms with Crippen LogP contribution >= 0.6 is 27.3 Å². The van der Waals surface area contributed by atoms with Gasteiger partial charge in [0.2, 0.25) is 5.82 Å². The van der Waals surface area contributed by atoms with Gasteiger partial charge in [0, 0.05) is 34.2 Å². The van der Waals surface area contributed by atoms with Crippen molar-refractivity contribution in [1.82, 2.24) is 15.0 Å². The van der Waals surface area contributed by atoms with Crippen molar-refractivity contribution in [1.29, 1.82) is 0 Å². The summed E-state index contributed by atoms with van der Waals surface area (Å²) in [6.07, 6.45) is 1.92. The van der Waals surface area contributed by atoms with E-state index in [1.54, 1.807) is 34.5 Å². The topological polar surface area (TPSA) is 105 Å². The van der Waals surface area contributed by atoms with Crippen LogP contribution in [0.2, 0.25) is 0 Å². The number of nitrogens with zero attached hydrogens (tertiary/aromatic N) is 3. The number of thiophene rings is 1. The predicted molar refractivity (Wildman–Crippen MR) is 108 cm³/mol. The van der Waals surface area contributed by atoms with Gasteiger partial charge in [-0.3, -0.25) is 9.52 Å². The molecule has 1 saturated heterocycles. The van der Waals surface area contributed by atoms with Gasteiger partial charge in [0.25, 0.3) is 10.0 Å². The molecule has 1 N–H and O–H groups in total. The molecule has 11 heteroatoms. The molecule has 1 aliphatic rings. The summed E-state index contributed by atoms with van der Waals surface area (Å²) in [4.78, 5) is 18.1. The normalized spacial score (nSPS) is 14.4. The lowest BCUT2D eigenvalue weighted by atomic mass is 10.3. The van der Waals surface area contributed by atoms with Crippen molar-refractivity contribution in [3.8, 4) is 11.4 Å². The Balaban J connectivity index is 1.53. The van der Waals surface area contributed by atoms with Crippen LogP contribution in [0.1, 0.15) is 23.5 Å². The van der Waals surface area contributed by atoms with Crippen LogP contribution in [0, 0.1) is 0 Å². The van der Waals surface area contributed by atoms with E-state index in [2.05, 4.69) is 30.8 Å². The maximum Gasteiger partial charge on any atom is 0.316 e. The molecule has 146 valence electrons. The highest BCUT2D eigenvalue weighted by Crippen LogP contribution is 2.29. The summed E-state index contributed by atoms with van der Waals surface area (Å²) in [5.41, 5.74) is 0.922. The molecule has 1 aromatic carbocycles. The van der Waals surface area contributed by atoms with Crippen molar-refractivity contribution in [3.63, 3.8) is 0 Å². The Morgan fingerprint density at radius 1 is 1.25 bits per heavy atom. The first-order chi connectivity index (χ1) is 13.4. The Labute approximate surface area is 173 Å². The van der Waals surface area contributed by atoms with E-state index < -0.39 is 10.0 Å². The van der Waals surface area contributed by atoms with Crippen molar-refractivity contribution in [2.24, 2.45) is 0 Å². The highest BCUT2D eigenvalue weighted by molar-refractivity contribution is 9.10. The number of carbonyl (C=O) groups is 1. The first-order valence-corrected chi connectivity index (χ1v) is 11.6. The van der Waals surface area contributed by atoms with Crippen LogP contribution < -0.4 is 4.72 Å². The van der Waals surface area contributed by atoms with Gasteiger partial charge in [-0.05, 0) is 37.1 Å². The molecule has 1 amide bonds. The molecule has 0 bridgehead atoms. The first kappa shape index (κ1) is 19.1. The second-order valence-electron chi connectivity index (χ2n) is 6.19. The molecule has 4 rings (SSSR count). The van der Waals surface area contributed by atoms with Gasteiger partial charge in [-0.2, -0.15) is 4.98 Å². The molecule has 0 spiro atoms. The SMILES string of the molecule is O=C(c1nc(-c2csc(S(=O)(=O)Nc3cccc(Br)c3)c2)no1)N1CCCC1. The number of amides is 1. The van der Waals surface area contributed by atoms with E-state index in [1.807, 2.05) is 0 Å². The molecule has 1 fully saturated rings. The maximum atomic E-state index is 12.6. The average molecular weight is 483 g/mol. The molecule has 0 radical (unpaired) electrons. The van der Waals surface area contributed by atoms with Gasteiger partial charge in [0.05, 0.1) is 0 Å². The van der Waals surface area contributed by atoms with E-state index in [9.17, 15) is 13.2 Å². The van der Waals surface area contributed by atoms with Gasteiger partial charge in [0.1, 0.15) is 4.21 Å². The quantitative estimate of drug-likeness (QED) is 0.595. The zero-order chi connectivity index (χ0) is 19.7. The molecule has 1 aliphatic heterocycles. The standard InChI is InChI=1S/C17H15BrN4O4S2/c18-12-4-3-5-13(9-12)21-28(24,25)14-8-11(10-27-14)15-19-16(26-20-15)17(23)22-6-1-2-7-22/h3-5,8-10,21H,1-2,6-7H2. The number of sulfonamides is 1. The third-order valence-electron chi connectivity index (χ3n) is 4.18. The predicted octanol–water partition coefficient (Wildman–Crippen LogP) is 3.60. The van der Waals surface area contributed by atoms with E-state index in [-0.39, 0.29) is 21.8 Å². The minimum atomic E-state index is -3.75. The molecule has 3 aromatic rings. The van der Waals surface area contributed by atoms with Crippen molar-refractivity contribution >= 4 is 48.9 Å². The van der Waals surface area contributed by atoms with Crippen LogP contribution in [0.3, 0.4) is 0 Å². The highest BCUT2D eigenvalue weighted by atomic mass is 79.9. The molecule has 3 heterocycles. The highest BCUT2D eigenvalue weighted by Gasteiger charge is 2.26. The van der Waals surface area contributed by atoms with Gasteiger partial charge in [-0.1, -0.05) is 27.2 Å². The zero-order valence-corrected chi connectivity index (χ0v) is 17.7. The molecular weight excluding hydrogens is 468 g/mol. The Kier molecular flexibility index (Phi) is 5.21. The summed E-state index contributed by atoms with van der Waals surface area (Å²) in [6.45, 7) is 1.36. The summed E-state index contributed by atoms with van der Waals surface area (Å²) in [7, 11) is -3.75. The number of likely N-dealkylation sites (tertiary alicyclic amines) is 1. The van der Waals surface area contributed by atoms with E-state index in [1.165, 1.54) is 6.07 Å². The van der Waals surface area contributed by atoms with Crippen molar-refractivity contribution in [2.75, 3.05) is 17.8 Å². The lowest BCUT2D eigenvalue weighted by Crippen LogP contribution is -2.27. The number of nitrogens with one attached hydrogen (secondary N) is 1. The minimum absolute atomic E-state index is 0.0835. The number of benzene rings is 1. The summed E-state index contributed by atoms with van der Waals surface area (Å²) < 4.78 is 33.7. The molecule has 28 heavy (non-hydrogen) atoms. The maximum absolute atomic E-state index is 12.6. The number of rotatable bonds is 5. The number of hydrogen-bond donors (Lipinski definition) is 1. The molecular formula is C17H15BrN4O4S2. The number of aromatic nitrogens is 2. The summed E-state index contributed by atoms with van der Waals surface area (Å²) >= 11 is 4.35. The lowest BCUT2D eigenvalue weighted by Gasteiger charge is -2.10. The van der Waals surface area contributed by atoms with E-state index >= 15 is 0 Å². The number of anilines is 1. The average Bonchev–Trinajstić information content (AvgIpc) is 3.41. The first-order valence-electron chi connectivity index (χ1n) is 8.43.